The molecule has 0 bridgehead atoms. The number of hydrogen-bond acceptors (Lipinski definition) is 0. The van der Waals surface area contributed by atoms with Gasteiger partial charge in [-0.3, -0.25) is 0 Å². The monoisotopic (exact) mass is 344 g/mol. The Labute approximate surface area is 166 Å². The molecule has 4 radical (unpaired) electrons. The molecule has 128 valence electrons. The third-order valence-corrected chi connectivity index (χ3v) is 4.69. The summed E-state index contributed by atoms with van der Waals surface area (Å²) in [7, 11) is 0. The molecule has 0 aliphatic heterocycles. The molecule has 0 N–H and O–H groups in total. The number of benzene rings is 3. The molecule has 0 spiro atoms. The second-order valence-electron chi connectivity index (χ2n) is 7.03. The van der Waals surface area contributed by atoms with E-state index in [0.717, 1.165) is 0 Å². The minimum Gasteiger partial charge on any atom is -0.0610 e. The van der Waals surface area contributed by atoms with Gasteiger partial charge in [0.1, 0.15) is 0 Å². The molecule has 0 nitrogen and oxygen atoms in total. The molecule has 0 unspecified atom stereocenters. The van der Waals surface area contributed by atoms with Crippen molar-refractivity contribution in [2.75, 3.05) is 0 Å². The Kier molecular flexibility index (Phi) is 5.94. The van der Waals surface area contributed by atoms with E-state index in [-0.39, 0.29) is 20.2 Å². The molecule has 3 rings (SSSR count). The fourth-order valence-corrected chi connectivity index (χ4v) is 3.97. The fourth-order valence-electron chi connectivity index (χ4n) is 3.97. The zero-order valence-corrected chi connectivity index (χ0v) is 17.3. The maximum Gasteiger partial charge on any atom is 0 e. The Morgan fingerprint density at radius 2 is 0.920 bits per heavy atom. The quantitative estimate of drug-likeness (QED) is 0.449. The van der Waals surface area contributed by atoms with Crippen LogP contribution in [0.15, 0.2) is 42.5 Å². The van der Waals surface area contributed by atoms with Gasteiger partial charge in [-0.2, -0.15) is 0 Å². The smallest absolute Gasteiger partial charge is 0 e. The summed E-state index contributed by atoms with van der Waals surface area (Å²) in [6.07, 6.45) is 0. The SMILES string of the molecule is Cc1cc(C)c(-c2[c]c(-c3c(C)cc(C)cc3C)ccc2)c(C)c1.[Al].[HH].[HH]. The highest BCUT2D eigenvalue weighted by Crippen LogP contribution is 2.33. The molecule has 0 amide bonds. The van der Waals surface area contributed by atoms with Crippen LogP contribution in [-0.2, 0) is 0 Å². The third-order valence-electron chi connectivity index (χ3n) is 4.69. The minimum absolute atomic E-state index is 0. The molecule has 0 aliphatic carbocycles. The van der Waals surface area contributed by atoms with Crippen molar-refractivity contribution in [3.63, 3.8) is 0 Å². The van der Waals surface area contributed by atoms with Crippen LogP contribution >= 0.6 is 0 Å². The van der Waals surface area contributed by atoms with Crippen LogP contribution in [0.3, 0.4) is 0 Å². The zero-order chi connectivity index (χ0) is 17.4. The Hall–Kier alpha value is -1.81. The number of rotatable bonds is 2. The van der Waals surface area contributed by atoms with Crippen molar-refractivity contribution in [3.8, 4) is 22.3 Å². The lowest BCUT2D eigenvalue weighted by atomic mass is 9.89. The molecule has 0 saturated heterocycles. The maximum atomic E-state index is 3.68. The standard InChI is InChI=1S/C24H25.Al.2H2/c1-15-10-17(3)23(18(4)11-15)21-8-7-9-22(14-21)24-19(5)12-16(2)13-20(24)6;;;/h7-13H,1-6H3;;2*1H. The van der Waals surface area contributed by atoms with Gasteiger partial charge in [-0.25, -0.2) is 0 Å². The van der Waals surface area contributed by atoms with Gasteiger partial charge >= 0.3 is 0 Å². The first-order valence-electron chi connectivity index (χ1n) is 8.55. The largest absolute Gasteiger partial charge is 0.0610 e. The molecular weight excluding hydrogens is 315 g/mol. The summed E-state index contributed by atoms with van der Waals surface area (Å²) in [5, 5.41) is 0. The summed E-state index contributed by atoms with van der Waals surface area (Å²) in [5.41, 5.74) is 12.9. The van der Waals surface area contributed by atoms with Crippen molar-refractivity contribution in [2.24, 2.45) is 0 Å². The predicted octanol–water partition coefficient (Wildman–Crippen LogP) is 6.78. The third kappa shape index (κ3) is 3.90. The van der Waals surface area contributed by atoms with E-state index in [2.05, 4.69) is 90.1 Å². The van der Waals surface area contributed by atoms with E-state index in [1.54, 1.807) is 0 Å². The van der Waals surface area contributed by atoms with Gasteiger partial charge in [-0.05, 0) is 92.1 Å². The van der Waals surface area contributed by atoms with Crippen molar-refractivity contribution in [3.05, 3.63) is 81.9 Å². The van der Waals surface area contributed by atoms with Crippen molar-refractivity contribution < 1.29 is 2.85 Å². The summed E-state index contributed by atoms with van der Waals surface area (Å²) < 4.78 is 0. The first kappa shape index (κ1) is 19.5. The Morgan fingerprint density at radius 3 is 1.24 bits per heavy atom. The van der Waals surface area contributed by atoms with Crippen LogP contribution in [0.25, 0.3) is 22.3 Å². The minimum atomic E-state index is 0. The van der Waals surface area contributed by atoms with E-state index < -0.39 is 0 Å². The van der Waals surface area contributed by atoms with E-state index >= 15 is 0 Å². The van der Waals surface area contributed by atoms with E-state index in [4.69, 9.17) is 0 Å². The van der Waals surface area contributed by atoms with E-state index in [1.807, 2.05) is 0 Å². The van der Waals surface area contributed by atoms with E-state index in [1.165, 1.54) is 55.6 Å². The molecule has 0 aliphatic rings. The number of aryl methyl sites for hydroxylation is 6. The topological polar surface area (TPSA) is 0 Å². The molecule has 0 saturated carbocycles. The Balaban J connectivity index is 0.00000225. The van der Waals surface area contributed by atoms with Gasteiger partial charge in [0.2, 0.25) is 0 Å². The molecule has 3 aromatic rings. The lowest BCUT2D eigenvalue weighted by Gasteiger charge is -2.15. The van der Waals surface area contributed by atoms with Gasteiger partial charge in [0.15, 0.2) is 0 Å². The fraction of sp³-hybridized carbons (Fsp3) is 0.250. The first-order chi connectivity index (χ1) is 11.4. The first-order valence-corrected chi connectivity index (χ1v) is 8.55. The summed E-state index contributed by atoms with van der Waals surface area (Å²) in [6, 6.07) is 19.2. The summed E-state index contributed by atoms with van der Waals surface area (Å²) in [5.74, 6) is 0. The van der Waals surface area contributed by atoms with Gasteiger partial charge in [-0.1, -0.05) is 53.6 Å². The van der Waals surface area contributed by atoms with Gasteiger partial charge in [0.25, 0.3) is 0 Å². The van der Waals surface area contributed by atoms with Crippen molar-refractivity contribution in [2.45, 2.75) is 41.5 Å². The van der Waals surface area contributed by atoms with Crippen molar-refractivity contribution in [1.82, 2.24) is 0 Å². The van der Waals surface area contributed by atoms with Crippen LogP contribution in [0.2, 0.25) is 0 Å². The predicted molar refractivity (Wildman–Crippen MR) is 115 cm³/mol. The van der Waals surface area contributed by atoms with Gasteiger partial charge in [-0.15, -0.1) is 0 Å². The zero-order valence-electron chi connectivity index (χ0n) is 16.1. The maximum absolute atomic E-state index is 3.68. The van der Waals surface area contributed by atoms with Crippen LogP contribution in [0.4, 0.5) is 0 Å². The van der Waals surface area contributed by atoms with Crippen LogP contribution in [0.1, 0.15) is 36.2 Å². The van der Waals surface area contributed by atoms with E-state index in [9.17, 15) is 0 Å². The molecule has 0 heterocycles. The van der Waals surface area contributed by atoms with E-state index in [0.29, 0.717) is 0 Å². The summed E-state index contributed by atoms with van der Waals surface area (Å²) in [4.78, 5) is 0. The van der Waals surface area contributed by atoms with Gasteiger partial charge in [0, 0.05) is 20.2 Å². The molecule has 25 heavy (non-hydrogen) atoms. The van der Waals surface area contributed by atoms with Crippen molar-refractivity contribution in [1.29, 1.82) is 0 Å². The average Bonchev–Trinajstić information content (AvgIpc) is 2.45. The Bertz CT molecular complexity index is 811. The summed E-state index contributed by atoms with van der Waals surface area (Å²) in [6.45, 7) is 13.1. The normalized spacial score (nSPS) is 10.5. The molecule has 0 atom stereocenters. The summed E-state index contributed by atoms with van der Waals surface area (Å²) >= 11 is 0. The highest BCUT2D eigenvalue weighted by Gasteiger charge is 2.11. The highest BCUT2D eigenvalue weighted by molar-refractivity contribution is 5.78. The second kappa shape index (κ2) is 7.61. The molecular formula is C24H29Al. The van der Waals surface area contributed by atoms with Crippen LogP contribution < -0.4 is 0 Å². The van der Waals surface area contributed by atoms with Gasteiger partial charge < -0.3 is 0 Å². The van der Waals surface area contributed by atoms with Crippen molar-refractivity contribution >= 4 is 17.4 Å². The lowest BCUT2D eigenvalue weighted by molar-refractivity contribution is 1.31. The van der Waals surface area contributed by atoms with Crippen LogP contribution in [0, 0.1) is 47.6 Å². The molecule has 0 aromatic heterocycles. The highest BCUT2D eigenvalue weighted by atomic mass is 27.0. The van der Waals surface area contributed by atoms with Gasteiger partial charge in [0.05, 0.1) is 0 Å². The Morgan fingerprint density at radius 1 is 0.600 bits per heavy atom. The van der Waals surface area contributed by atoms with Crippen LogP contribution in [0.5, 0.6) is 0 Å². The second-order valence-corrected chi connectivity index (χ2v) is 7.03. The average molecular weight is 344 g/mol. The molecule has 1 heteroatoms. The molecule has 3 aromatic carbocycles. The lowest BCUT2D eigenvalue weighted by Crippen LogP contribution is -1.93. The number of hydrogen-bond donors (Lipinski definition) is 0. The molecule has 0 fully saturated rings. The van der Waals surface area contributed by atoms with Crippen LogP contribution in [-0.4, -0.2) is 17.4 Å².